The van der Waals surface area contributed by atoms with Crippen molar-refractivity contribution >= 4 is 23.6 Å². The maximum Gasteiger partial charge on any atom is 0.335 e. The smallest absolute Gasteiger partial charge is 0.335 e. The van der Waals surface area contributed by atoms with Crippen molar-refractivity contribution in [3.05, 3.63) is 24.2 Å². The lowest BCUT2D eigenvalue weighted by Gasteiger charge is -2.12. The SMILES string of the molecule is CC(=O)CN1C(=O)C(=O)N(Cc2ccco2)C1=O. The largest absolute Gasteiger partial charge is 0.467 e. The molecule has 4 amide bonds. The molecule has 18 heavy (non-hydrogen) atoms. The van der Waals surface area contributed by atoms with Crippen LogP contribution >= 0.6 is 0 Å². The second-order valence-corrected chi connectivity index (χ2v) is 3.85. The fraction of sp³-hybridized carbons (Fsp3) is 0.273. The number of furan rings is 1. The lowest BCUT2D eigenvalue weighted by molar-refractivity contribution is -0.144. The van der Waals surface area contributed by atoms with Gasteiger partial charge in [-0.3, -0.25) is 14.4 Å². The number of carbonyl (C=O) groups is 4. The highest BCUT2D eigenvalue weighted by molar-refractivity contribution is 6.44. The van der Waals surface area contributed by atoms with Crippen molar-refractivity contribution in [3.8, 4) is 0 Å². The molecular formula is C11H10N2O5. The Bertz CT molecular complexity index is 520. The zero-order chi connectivity index (χ0) is 13.3. The van der Waals surface area contributed by atoms with Crippen molar-refractivity contribution in [1.82, 2.24) is 9.80 Å². The summed E-state index contributed by atoms with van der Waals surface area (Å²) < 4.78 is 5.00. The number of imide groups is 2. The van der Waals surface area contributed by atoms with E-state index in [0.29, 0.717) is 10.7 Å². The zero-order valence-corrected chi connectivity index (χ0v) is 9.58. The predicted molar refractivity (Wildman–Crippen MR) is 57.0 cm³/mol. The van der Waals surface area contributed by atoms with Crippen LogP contribution in [0.3, 0.4) is 0 Å². The molecule has 7 heteroatoms. The standard InChI is InChI=1S/C11H10N2O5/c1-7(14)5-12-9(15)10(16)13(11(12)17)6-8-3-2-4-18-8/h2-4H,5-6H2,1H3. The van der Waals surface area contributed by atoms with Crippen LogP contribution in [0.15, 0.2) is 22.8 Å². The van der Waals surface area contributed by atoms with Gasteiger partial charge in [0.2, 0.25) is 0 Å². The third kappa shape index (κ3) is 2.02. The Hall–Kier alpha value is -2.44. The number of rotatable bonds is 4. The van der Waals surface area contributed by atoms with Gasteiger partial charge in [0.1, 0.15) is 11.5 Å². The average Bonchev–Trinajstić information content (AvgIpc) is 2.88. The van der Waals surface area contributed by atoms with Gasteiger partial charge in [-0.1, -0.05) is 0 Å². The van der Waals surface area contributed by atoms with Gasteiger partial charge in [-0.2, -0.15) is 0 Å². The van der Waals surface area contributed by atoms with E-state index in [-0.39, 0.29) is 12.3 Å². The fourth-order valence-electron chi connectivity index (χ4n) is 1.61. The summed E-state index contributed by atoms with van der Waals surface area (Å²) in [5, 5.41) is 0. The molecule has 0 spiro atoms. The Morgan fingerprint density at radius 1 is 1.22 bits per heavy atom. The number of nitrogens with zero attached hydrogens (tertiary/aromatic N) is 2. The highest BCUT2D eigenvalue weighted by Crippen LogP contribution is 2.15. The number of hydrogen-bond donors (Lipinski definition) is 0. The molecule has 0 aromatic carbocycles. The number of amides is 4. The van der Waals surface area contributed by atoms with Crippen molar-refractivity contribution < 1.29 is 23.6 Å². The third-order valence-electron chi connectivity index (χ3n) is 2.41. The molecule has 1 aromatic heterocycles. The Morgan fingerprint density at radius 2 is 1.89 bits per heavy atom. The van der Waals surface area contributed by atoms with Crippen molar-refractivity contribution in [2.45, 2.75) is 13.5 Å². The molecule has 0 unspecified atom stereocenters. The molecule has 94 valence electrons. The molecule has 1 saturated heterocycles. The van der Waals surface area contributed by atoms with Crippen molar-refractivity contribution in [3.63, 3.8) is 0 Å². The van der Waals surface area contributed by atoms with Crippen LogP contribution in [-0.2, 0) is 20.9 Å². The van der Waals surface area contributed by atoms with E-state index in [2.05, 4.69) is 0 Å². The quantitative estimate of drug-likeness (QED) is 0.561. The van der Waals surface area contributed by atoms with Gasteiger partial charge in [-0.15, -0.1) is 0 Å². The Kier molecular flexibility index (Phi) is 2.97. The highest BCUT2D eigenvalue weighted by Gasteiger charge is 2.44. The van der Waals surface area contributed by atoms with Crippen LogP contribution < -0.4 is 0 Å². The van der Waals surface area contributed by atoms with E-state index in [1.807, 2.05) is 0 Å². The van der Waals surface area contributed by atoms with E-state index in [1.165, 1.54) is 13.2 Å². The molecule has 0 bridgehead atoms. The van der Waals surface area contributed by atoms with Crippen LogP contribution in [0.2, 0.25) is 0 Å². The van der Waals surface area contributed by atoms with Crippen LogP contribution in [0.1, 0.15) is 12.7 Å². The van der Waals surface area contributed by atoms with Gasteiger partial charge >= 0.3 is 17.8 Å². The van der Waals surface area contributed by atoms with Crippen LogP contribution in [0.4, 0.5) is 4.79 Å². The minimum atomic E-state index is -0.984. The molecule has 0 aliphatic carbocycles. The molecular weight excluding hydrogens is 240 g/mol. The van der Waals surface area contributed by atoms with Gasteiger partial charge in [-0.05, 0) is 19.1 Å². The first-order valence-electron chi connectivity index (χ1n) is 5.20. The molecule has 1 aliphatic rings. The van der Waals surface area contributed by atoms with Gasteiger partial charge in [0, 0.05) is 0 Å². The van der Waals surface area contributed by atoms with Crippen molar-refractivity contribution in [2.75, 3.05) is 6.54 Å². The summed E-state index contributed by atoms with van der Waals surface area (Å²) in [6.07, 6.45) is 1.40. The fourth-order valence-corrected chi connectivity index (χ4v) is 1.61. The molecule has 0 N–H and O–H groups in total. The Labute approximate surface area is 102 Å². The van der Waals surface area contributed by atoms with Crippen molar-refractivity contribution in [2.24, 2.45) is 0 Å². The topological polar surface area (TPSA) is 87.9 Å². The van der Waals surface area contributed by atoms with E-state index in [9.17, 15) is 19.2 Å². The molecule has 0 saturated carbocycles. The highest BCUT2D eigenvalue weighted by atomic mass is 16.3. The number of urea groups is 1. The number of hydrogen-bond acceptors (Lipinski definition) is 5. The first-order valence-corrected chi connectivity index (χ1v) is 5.20. The van der Waals surface area contributed by atoms with E-state index in [0.717, 1.165) is 4.90 Å². The summed E-state index contributed by atoms with van der Waals surface area (Å²) in [7, 11) is 0. The van der Waals surface area contributed by atoms with Crippen LogP contribution in [0.5, 0.6) is 0 Å². The maximum absolute atomic E-state index is 11.8. The molecule has 2 rings (SSSR count). The first kappa shape index (κ1) is 12.0. The third-order valence-corrected chi connectivity index (χ3v) is 2.41. The summed E-state index contributed by atoms with van der Waals surface area (Å²) in [6, 6.07) is 2.39. The Morgan fingerprint density at radius 3 is 2.44 bits per heavy atom. The van der Waals surface area contributed by atoms with E-state index < -0.39 is 24.4 Å². The lowest BCUT2D eigenvalue weighted by atomic mass is 10.4. The minimum absolute atomic E-state index is 0.120. The molecule has 0 atom stereocenters. The van der Waals surface area contributed by atoms with Gasteiger partial charge in [0.05, 0.1) is 19.4 Å². The minimum Gasteiger partial charge on any atom is -0.467 e. The lowest BCUT2D eigenvalue weighted by Crippen LogP contribution is -2.36. The van der Waals surface area contributed by atoms with E-state index in [4.69, 9.17) is 4.42 Å². The van der Waals surface area contributed by atoms with Gasteiger partial charge in [0.15, 0.2) is 0 Å². The first-order chi connectivity index (χ1) is 8.50. The number of carbonyl (C=O) groups excluding carboxylic acids is 4. The molecule has 7 nitrogen and oxygen atoms in total. The summed E-state index contributed by atoms with van der Waals surface area (Å²) in [5.74, 6) is -1.92. The van der Waals surface area contributed by atoms with E-state index in [1.54, 1.807) is 12.1 Å². The van der Waals surface area contributed by atoms with Crippen LogP contribution in [-0.4, -0.2) is 40.0 Å². The van der Waals surface area contributed by atoms with Gasteiger partial charge in [-0.25, -0.2) is 14.6 Å². The number of Topliss-reactive ketones (excluding diaryl/α,β-unsaturated/α-hetero) is 1. The second-order valence-electron chi connectivity index (χ2n) is 3.85. The molecule has 1 aromatic rings. The monoisotopic (exact) mass is 250 g/mol. The Balaban J connectivity index is 2.17. The predicted octanol–water partition coefficient (Wildman–Crippen LogP) is 0.159. The van der Waals surface area contributed by atoms with Gasteiger partial charge < -0.3 is 4.42 Å². The normalized spacial score (nSPS) is 15.7. The van der Waals surface area contributed by atoms with Crippen molar-refractivity contribution in [1.29, 1.82) is 0 Å². The van der Waals surface area contributed by atoms with Gasteiger partial charge in [0.25, 0.3) is 0 Å². The molecule has 1 aliphatic heterocycles. The molecule has 1 fully saturated rings. The summed E-state index contributed by atoms with van der Waals surface area (Å²) in [6.45, 7) is 0.725. The van der Waals surface area contributed by atoms with Crippen LogP contribution in [0, 0.1) is 0 Å². The van der Waals surface area contributed by atoms with Crippen LogP contribution in [0.25, 0.3) is 0 Å². The average molecular weight is 250 g/mol. The molecule has 0 radical (unpaired) electrons. The van der Waals surface area contributed by atoms with E-state index >= 15 is 0 Å². The molecule has 2 heterocycles. The zero-order valence-electron chi connectivity index (χ0n) is 9.58. The summed E-state index contributed by atoms with van der Waals surface area (Å²) >= 11 is 0. The number of ketones is 1. The summed E-state index contributed by atoms with van der Waals surface area (Å²) in [4.78, 5) is 47.2. The maximum atomic E-state index is 11.8. The summed E-state index contributed by atoms with van der Waals surface area (Å²) in [5.41, 5.74) is 0. The second kappa shape index (κ2) is 4.44.